The largest absolute Gasteiger partial charge is 0.494 e. The van der Waals surface area contributed by atoms with Crippen LogP contribution in [0.2, 0.25) is 0 Å². The molecule has 1 aromatic carbocycles. The first-order valence-corrected chi connectivity index (χ1v) is 6.63. The van der Waals surface area contributed by atoms with Gasteiger partial charge in [0.1, 0.15) is 0 Å². The fourth-order valence-electron chi connectivity index (χ4n) is 3.60. The Bertz CT molecular complexity index is 445. The Kier molecular flexibility index (Phi) is 2.63. The Balaban J connectivity index is 1.93. The zero-order valence-electron chi connectivity index (χ0n) is 10.7. The Morgan fingerprint density at radius 1 is 1.11 bits per heavy atom. The smallest absolute Gasteiger partial charge is 0.165 e. The summed E-state index contributed by atoms with van der Waals surface area (Å²) in [4.78, 5) is 0. The second-order valence-electron chi connectivity index (χ2n) is 5.85. The van der Waals surface area contributed by atoms with E-state index in [1.807, 2.05) is 6.07 Å². The van der Waals surface area contributed by atoms with E-state index in [1.165, 1.54) is 7.11 Å². The minimum atomic E-state index is -0.438. The maximum atomic E-state index is 13.8. The summed E-state index contributed by atoms with van der Waals surface area (Å²) in [5.41, 5.74) is 0.715. The summed E-state index contributed by atoms with van der Waals surface area (Å²) in [6.07, 6.45) is 5.45. The molecule has 0 atom stereocenters. The van der Waals surface area contributed by atoms with E-state index < -0.39 is 5.60 Å². The zero-order chi connectivity index (χ0) is 12.8. The van der Waals surface area contributed by atoms with Crippen molar-refractivity contribution in [2.45, 2.75) is 49.5 Å². The molecule has 98 valence electrons. The van der Waals surface area contributed by atoms with Crippen LogP contribution in [0.3, 0.4) is 0 Å². The summed E-state index contributed by atoms with van der Waals surface area (Å²) in [7, 11) is 1.48. The van der Waals surface area contributed by atoms with Crippen LogP contribution in [0.5, 0.6) is 5.75 Å². The van der Waals surface area contributed by atoms with Gasteiger partial charge in [-0.1, -0.05) is 6.07 Å². The minimum absolute atomic E-state index is 0.0809. The first-order chi connectivity index (χ1) is 8.57. The highest BCUT2D eigenvalue weighted by atomic mass is 19.1. The first kappa shape index (κ1) is 12.0. The summed E-state index contributed by atoms with van der Waals surface area (Å²) >= 11 is 0. The average Bonchev–Trinajstić information content (AvgIpc) is 2.40. The highest BCUT2D eigenvalue weighted by Gasteiger charge is 2.48. The molecular formula is C15H19FO2. The molecule has 4 rings (SSSR count). The highest BCUT2D eigenvalue weighted by Crippen LogP contribution is 2.53. The predicted octanol–water partition coefficient (Wildman–Crippen LogP) is 3.17. The minimum Gasteiger partial charge on any atom is -0.494 e. The Hall–Kier alpha value is -1.09. The van der Waals surface area contributed by atoms with E-state index in [0.29, 0.717) is 5.75 Å². The number of ether oxygens (including phenoxy) is 1. The number of benzene rings is 1. The molecule has 0 unspecified atom stereocenters. The van der Waals surface area contributed by atoms with Crippen molar-refractivity contribution in [1.29, 1.82) is 0 Å². The van der Waals surface area contributed by atoms with E-state index in [0.717, 1.165) is 44.1 Å². The van der Waals surface area contributed by atoms with Crippen molar-refractivity contribution in [3.8, 4) is 5.75 Å². The number of hydrogen-bond donors (Lipinski definition) is 1. The molecule has 1 N–H and O–H groups in total. The molecule has 0 saturated heterocycles. The van der Waals surface area contributed by atoms with Crippen molar-refractivity contribution < 1.29 is 14.2 Å². The zero-order valence-corrected chi connectivity index (χ0v) is 10.7. The van der Waals surface area contributed by atoms with Gasteiger partial charge in [-0.15, -0.1) is 0 Å². The molecule has 0 radical (unpaired) electrons. The SMILES string of the molecule is COc1ccc(C23CCC(O)(CC2)CC3)cc1F. The van der Waals surface area contributed by atoms with Gasteiger partial charge in [0.2, 0.25) is 0 Å². The maximum absolute atomic E-state index is 13.8. The van der Waals surface area contributed by atoms with Gasteiger partial charge in [0.25, 0.3) is 0 Å². The number of rotatable bonds is 2. The lowest BCUT2D eigenvalue weighted by Gasteiger charge is -2.51. The van der Waals surface area contributed by atoms with Crippen LogP contribution >= 0.6 is 0 Å². The third-order valence-corrected chi connectivity index (χ3v) is 4.97. The fraction of sp³-hybridized carbons (Fsp3) is 0.600. The van der Waals surface area contributed by atoms with Crippen LogP contribution in [-0.4, -0.2) is 17.8 Å². The van der Waals surface area contributed by atoms with E-state index in [-0.39, 0.29) is 11.2 Å². The van der Waals surface area contributed by atoms with Gasteiger partial charge < -0.3 is 9.84 Å². The van der Waals surface area contributed by atoms with Crippen LogP contribution in [0.15, 0.2) is 18.2 Å². The van der Waals surface area contributed by atoms with Crippen molar-refractivity contribution in [2.75, 3.05) is 7.11 Å². The lowest BCUT2D eigenvalue weighted by atomic mass is 9.56. The van der Waals surface area contributed by atoms with E-state index in [9.17, 15) is 9.50 Å². The number of halogens is 1. The van der Waals surface area contributed by atoms with Crippen molar-refractivity contribution in [1.82, 2.24) is 0 Å². The molecule has 3 saturated carbocycles. The number of fused-ring (bicyclic) bond motifs is 3. The van der Waals surface area contributed by atoms with Gasteiger partial charge in [-0.25, -0.2) is 4.39 Å². The lowest BCUT2D eigenvalue weighted by Crippen LogP contribution is -2.48. The topological polar surface area (TPSA) is 29.5 Å². The number of methoxy groups -OCH3 is 1. The third-order valence-electron chi connectivity index (χ3n) is 4.97. The summed E-state index contributed by atoms with van der Waals surface area (Å²) in [6.45, 7) is 0. The number of aliphatic hydroxyl groups is 1. The molecule has 0 amide bonds. The lowest BCUT2D eigenvalue weighted by molar-refractivity contribution is -0.0661. The molecule has 18 heavy (non-hydrogen) atoms. The van der Waals surface area contributed by atoms with Crippen LogP contribution < -0.4 is 4.74 Å². The van der Waals surface area contributed by atoms with Crippen molar-refractivity contribution >= 4 is 0 Å². The molecule has 0 aliphatic heterocycles. The molecule has 2 nitrogen and oxygen atoms in total. The van der Waals surface area contributed by atoms with Gasteiger partial charge in [-0.3, -0.25) is 0 Å². The van der Waals surface area contributed by atoms with E-state index >= 15 is 0 Å². The maximum Gasteiger partial charge on any atom is 0.165 e. The summed E-state index contributed by atoms with van der Waals surface area (Å²) in [5.74, 6) is 0.0223. The van der Waals surface area contributed by atoms with Crippen LogP contribution in [0.25, 0.3) is 0 Å². The highest BCUT2D eigenvalue weighted by molar-refractivity contribution is 5.35. The van der Waals surface area contributed by atoms with Crippen molar-refractivity contribution in [3.05, 3.63) is 29.6 Å². The quantitative estimate of drug-likeness (QED) is 0.873. The van der Waals surface area contributed by atoms with E-state index in [2.05, 4.69) is 0 Å². The average molecular weight is 250 g/mol. The molecule has 3 aliphatic carbocycles. The van der Waals surface area contributed by atoms with Gasteiger partial charge in [0.15, 0.2) is 11.6 Å². The molecular weight excluding hydrogens is 231 g/mol. The monoisotopic (exact) mass is 250 g/mol. The summed E-state index contributed by atoms with van der Waals surface area (Å²) in [6, 6.07) is 5.32. The Morgan fingerprint density at radius 2 is 1.72 bits per heavy atom. The predicted molar refractivity (Wildman–Crippen MR) is 67.3 cm³/mol. The molecule has 1 aromatic rings. The molecule has 3 fully saturated rings. The van der Waals surface area contributed by atoms with Gasteiger partial charge in [-0.2, -0.15) is 0 Å². The standard InChI is InChI=1S/C15H19FO2/c1-18-13-3-2-11(10-12(13)16)14-4-7-15(17,8-5-14)9-6-14/h2-3,10,17H,4-9H2,1H3. The van der Waals surface area contributed by atoms with Gasteiger partial charge in [0.05, 0.1) is 12.7 Å². The second kappa shape index (κ2) is 3.95. The molecule has 0 heterocycles. The van der Waals surface area contributed by atoms with Gasteiger partial charge in [0, 0.05) is 0 Å². The first-order valence-electron chi connectivity index (χ1n) is 6.63. The van der Waals surface area contributed by atoms with E-state index in [1.54, 1.807) is 12.1 Å². The summed E-state index contributed by atoms with van der Waals surface area (Å²) < 4.78 is 18.8. The van der Waals surface area contributed by atoms with Crippen LogP contribution in [0, 0.1) is 5.82 Å². The van der Waals surface area contributed by atoms with E-state index in [4.69, 9.17) is 4.74 Å². The Labute approximate surface area is 107 Å². The number of hydrogen-bond acceptors (Lipinski definition) is 2. The van der Waals surface area contributed by atoms with Crippen LogP contribution in [-0.2, 0) is 5.41 Å². The summed E-state index contributed by atoms with van der Waals surface area (Å²) in [5, 5.41) is 10.2. The normalized spacial score (nSPS) is 34.6. The van der Waals surface area contributed by atoms with Crippen molar-refractivity contribution in [3.63, 3.8) is 0 Å². The second-order valence-corrected chi connectivity index (χ2v) is 5.85. The third kappa shape index (κ3) is 1.72. The molecule has 3 aliphatic rings. The van der Waals surface area contributed by atoms with Crippen molar-refractivity contribution in [2.24, 2.45) is 0 Å². The molecule has 3 heteroatoms. The van der Waals surface area contributed by atoms with Crippen LogP contribution in [0.1, 0.15) is 44.1 Å². The fourth-order valence-corrected chi connectivity index (χ4v) is 3.60. The van der Waals surface area contributed by atoms with Gasteiger partial charge in [-0.05, 0) is 61.6 Å². The molecule has 0 aromatic heterocycles. The molecule has 0 spiro atoms. The van der Waals surface area contributed by atoms with Gasteiger partial charge >= 0.3 is 0 Å². The molecule has 2 bridgehead atoms. The Morgan fingerprint density at radius 3 is 2.22 bits per heavy atom. The van der Waals surface area contributed by atoms with Crippen LogP contribution in [0.4, 0.5) is 4.39 Å².